The zero-order valence-electron chi connectivity index (χ0n) is 15.0. The number of aromatic nitrogens is 3. The largest absolute Gasteiger partial charge is 0.415 e. The predicted octanol–water partition coefficient (Wildman–Crippen LogP) is 5.62. The van der Waals surface area contributed by atoms with Gasteiger partial charge in [-0.3, -0.25) is 4.79 Å². The van der Waals surface area contributed by atoms with Crippen LogP contribution in [0.5, 0.6) is 0 Å². The molecule has 27 heavy (non-hydrogen) atoms. The van der Waals surface area contributed by atoms with Crippen LogP contribution in [-0.4, -0.2) is 32.6 Å². The van der Waals surface area contributed by atoms with Gasteiger partial charge in [-0.2, -0.15) is 11.8 Å². The molecular weight excluding hydrogens is 425 g/mol. The van der Waals surface area contributed by atoms with Crippen molar-refractivity contribution >= 4 is 52.5 Å². The molecule has 0 spiro atoms. The molecule has 0 atom stereocenters. The molecule has 0 aliphatic carbocycles. The van der Waals surface area contributed by atoms with Crippen LogP contribution in [0.25, 0.3) is 5.69 Å². The Balaban J connectivity index is 1.79. The first-order chi connectivity index (χ1) is 12.9. The molecule has 0 radical (unpaired) electrons. The zero-order chi connectivity index (χ0) is 19.6. The van der Waals surface area contributed by atoms with E-state index in [9.17, 15) is 4.79 Å². The first kappa shape index (κ1) is 20.3. The van der Waals surface area contributed by atoms with Gasteiger partial charge < -0.3 is 8.98 Å². The summed E-state index contributed by atoms with van der Waals surface area (Å²) >= 11 is 15.1. The fourth-order valence-corrected chi connectivity index (χ4v) is 4.34. The van der Waals surface area contributed by atoms with Crippen molar-refractivity contribution in [2.24, 2.45) is 0 Å². The Bertz CT molecular complexity index is 965. The monoisotopic (exact) mass is 441 g/mol. The van der Waals surface area contributed by atoms with Gasteiger partial charge in [0.05, 0.1) is 11.5 Å². The second-order valence-electron chi connectivity index (χ2n) is 5.85. The number of nitrogens with zero attached hydrogens (tertiary/aromatic N) is 3. The molecule has 0 aliphatic heterocycles. The van der Waals surface area contributed by atoms with E-state index >= 15 is 0 Å². The number of rotatable bonds is 7. The van der Waals surface area contributed by atoms with Gasteiger partial charge in [-0.05, 0) is 44.4 Å². The Labute approximate surface area is 175 Å². The van der Waals surface area contributed by atoms with Crippen molar-refractivity contribution in [2.45, 2.75) is 24.8 Å². The Hall–Kier alpha value is -1.41. The standard InChI is InChI=1S/C18H17Cl2N3O2S2/c1-10-4-15(11(2)23(10)14-6-12(19)5-13(20)7-14)16(24)8-27-18-22-21-17(25-18)9-26-3/h4-7H,8-9H2,1-3H3. The predicted molar refractivity (Wildman–Crippen MR) is 112 cm³/mol. The Morgan fingerprint density at radius 3 is 2.52 bits per heavy atom. The van der Waals surface area contributed by atoms with Gasteiger partial charge >= 0.3 is 0 Å². The number of ketones is 1. The molecule has 0 amide bonds. The van der Waals surface area contributed by atoms with E-state index in [-0.39, 0.29) is 11.5 Å². The fraction of sp³-hybridized carbons (Fsp3) is 0.278. The highest BCUT2D eigenvalue weighted by molar-refractivity contribution is 7.99. The smallest absolute Gasteiger partial charge is 0.277 e. The molecule has 0 N–H and O–H groups in total. The van der Waals surface area contributed by atoms with E-state index in [0.29, 0.717) is 32.5 Å². The maximum Gasteiger partial charge on any atom is 0.277 e. The lowest BCUT2D eigenvalue weighted by atomic mass is 10.2. The molecule has 0 bridgehead atoms. The average Bonchev–Trinajstić information content (AvgIpc) is 3.16. The number of benzene rings is 1. The van der Waals surface area contributed by atoms with Crippen LogP contribution in [0.3, 0.4) is 0 Å². The highest BCUT2D eigenvalue weighted by Gasteiger charge is 2.18. The van der Waals surface area contributed by atoms with E-state index in [1.165, 1.54) is 11.8 Å². The molecule has 9 heteroatoms. The SMILES string of the molecule is CSCc1nnc(SCC(=O)c2cc(C)n(-c3cc(Cl)cc(Cl)c3)c2C)o1. The third kappa shape index (κ3) is 4.71. The molecular formula is C18H17Cl2N3O2S2. The van der Waals surface area contributed by atoms with Gasteiger partial charge in [-0.25, -0.2) is 0 Å². The van der Waals surface area contributed by atoms with Gasteiger partial charge in [-0.15, -0.1) is 10.2 Å². The molecule has 5 nitrogen and oxygen atoms in total. The van der Waals surface area contributed by atoms with Gasteiger partial charge in [0.1, 0.15) is 0 Å². The Morgan fingerprint density at radius 2 is 1.85 bits per heavy atom. The molecule has 0 aliphatic rings. The van der Waals surface area contributed by atoms with Crippen molar-refractivity contribution in [1.29, 1.82) is 0 Å². The number of carbonyl (C=O) groups is 1. The van der Waals surface area contributed by atoms with Crippen LogP contribution in [-0.2, 0) is 5.75 Å². The maximum absolute atomic E-state index is 12.7. The first-order valence-electron chi connectivity index (χ1n) is 8.01. The van der Waals surface area contributed by atoms with Crippen molar-refractivity contribution in [1.82, 2.24) is 14.8 Å². The second-order valence-corrected chi connectivity index (χ2v) is 8.52. The highest BCUT2D eigenvalue weighted by Crippen LogP contribution is 2.28. The van der Waals surface area contributed by atoms with Crippen LogP contribution < -0.4 is 0 Å². The molecule has 3 rings (SSSR count). The Morgan fingerprint density at radius 1 is 1.15 bits per heavy atom. The lowest BCUT2D eigenvalue weighted by Gasteiger charge is -2.11. The fourth-order valence-electron chi connectivity index (χ4n) is 2.79. The van der Waals surface area contributed by atoms with Crippen LogP contribution in [0.1, 0.15) is 27.6 Å². The molecule has 0 unspecified atom stereocenters. The number of halogens is 2. The minimum atomic E-state index is -0.00269. The Kier molecular flexibility index (Phi) is 6.57. The molecule has 2 aromatic heterocycles. The summed E-state index contributed by atoms with van der Waals surface area (Å²) in [5, 5.41) is 9.41. The lowest BCUT2D eigenvalue weighted by molar-refractivity contribution is 0.102. The molecule has 0 saturated carbocycles. The van der Waals surface area contributed by atoms with Gasteiger partial charge in [0.25, 0.3) is 5.22 Å². The van der Waals surface area contributed by atoms with E-state index in [1.54, 1.807) is 17.8 Å². The number of Topliss-reactive ketones (excluding diaryl/α,β-unsaturated/α-hetero) is 1. The highest BCUT2D eigenvalue weighted by atomic mass is 35.5. The summed E-state index contributed by atoms with van der Waals surface area (Å²) in [7, 11) is 0. The van der Waals surface area contributed by atoms with Crippen LogP contribution in [0.4, 0.5) is 0 Å². The minimum Gasteiger partial charge on any atom is -0.415 e. The van der Waals surface area contributed by atoms with Crippen molar-refractivity contribution in [3.8, 4) is 5.69 Å². The summed E-state index contributed by atoms with van der Waals surface area (Å²) in [6.07, 6.45) is 1.96. The lowest BCUT2D eigenvalue weighted by Crippen LogP contribution is -2.05. The third-order valence-corrected chi connectivity index (χ3v) is 5.67. The first-order valence-corrected chi connectivity index (χ1v) is 11.1. The quantitative estimate of drug-likeness (QED) is 0.350. The van der Waals surface area contributed by atoms with Gasteiger partial charge in [0.15, 0.2) is 5.78 Å². The summed E-state index contributed by atoms with van der Waals surface area (Å²) in [6.45, 7) is 3.85. The summed E-state index contributed by atoms with van der Waals surface area (Å²) < 4.78 is 7.47. The van der Waals surface area contributed by atoms with E-state index in [2.05, 4.69) is 10.2 Å². The average molecular weight is 442 g/mol. The number of carbonyl (C=O) groups excluding carboxylic acids is 1. The summed E-state index contributed by atoms with van der Waals surface area (Å²) in [4.78, 5) is 12.7. The van der Waals surface area contributed by atoms with E-state index in [0.717, 1.165) is 17.1 Å². The van der Waals surface area contributed by atoms with Crippen molar-refractivity contribution in [3.05, 3.63) is 57.2 Å². The molecule has 142 valence electrons. The summed E-state index contributed by atoms with van der Waals surface area (Å²) in [6, 6.07) is 7.20. The summed E-state index contributed by atoms with van der Waals surface area (Å²) in [5.41, 5.74) is 3.25. The molecule has 0 fully saturated rings. The number of hydrogen-bond donors (Lipinski definition) is 0. The van der Waals surface area contributed by atoms with E-state index in [1.807, 2.05) is 42.9 Å². The van der Waals surface area contributed by atoms with E-state index in [4.69, 9.17) is 27.6 Å². The van der Waals surface area contributed by atoms with Crippen LogP contribution in [0.2, 0.25) is 10.0 Å². The van der Waals surface area contributed by atoms with Crippen molar-refractivity contribution in [2.75, 3.05) is 12.0 Å². The van der Waals surface area contributed by atoms with Crippen molar-refractivity contribution < 1.29 is 9.21 Å². The van der Waals surface area contributed by atoms with Gasteiger partial charge in [-0.1, -0.05) is 35.0 Å². The van der Waals surface area contributed by atoms with Gasteiger partial charge in [0, 0.05) is 32.7 Å². The van der Waals surface area contributed by atoms with Gasteiger partial charge in [0.2, 0.25) is 5.89 Å². The minimum absolute atomic E-state index is 0.00269. The number of hydrogen-bond acceptors (Lipinski definition) is 6. The van der Waals surface area contributed by atoms with Crippen LogP contribution in [0.15, 0.2) is 33.9 Å². The van der Waals surface area contributed by atoms with E-state index < -0.39 is 0 Å². The summed E-state index contributed by atoms with van der Waals surface area (Å²) in [5.74, 6) is 1.44. The maximum atomic E-state index is 12.7. The second kappa shape index (κ2) is 8.73. The molecule has 3 aromatic rings. The van der Waals surface area contributed by atoms with Crippen LogP contribution >= 0.6 is 46.7 Å². The number of thioether (sulfide) groups is 2. The van der Waals surface area contributed by atoms with Crippen LogP contribution in [0, 0.1) is 13.8 Å². The molecule has 1 aromatic carbocycles. The normalized spacial score (nSPS) is 11.1. The van der Waals surface area contributed by atoms with Crippen molar-refractivity contribution in [3.63, 3.8) is 0 Å². The topological polar surface area (TPSA) is 60.9 Å². The number of aryl methyl sites for hydroxylation is 1. The zero-order valence-corrected chi connectivity index (χ0v) is 18.1. The molecule has 0 saturated heterocycles. The molecule has 2 heterocycles. The third-order valence-electron chi connectivity index (χ3n) is 3.88.